The zero-order valence-electron chi connectivity index (χ0n) is 18.5. The van der Waals surface area contributed by atoms with Crippen molar-refractivity contribution < 1.29 is 23.1 Å². The van der Waals surface area contributed by atoms with E-state index in [0.717, 1.165) is 16.7 Å². The summed E-state index contributed by atoms with van der Waals surface area (Å²) in [5, 5.41) is 10.0. The Labute approximate surface area is 194 Å². The second-order valence-corrected chi connectivity index (χ2v) is 10.5. The van der Waals surface area contributed by atoms with Crippen molar-refractivity contribution in [3.8, 4) is 16.9 Å². The van der Waals surface area contributed by atoms with Crippen LogP contribution in [0.4, 0.5) is 0 Å². The van der Waals surface area contributed by atoms with Gasteiger partial charge >= 0.3 is 5.97 Å². The van der Waals surface area contributed by atoms with Crippen molar-refractivity contribution in [1.29, 1.82) is 0 Å². The minimum Gasteiger partial charge on any atom is -0.497 e. The van der Waals surface area contributed by atoms with Crippen molar-refractivity contribution in [2.75, 3.05) is 20.2 Å². The van der Waals surface area contributed by atoms with Crippen LogP contribution < -0.4 is 4.74 Å². The topological polar surface area (TPSA) is 83.9 Å². The highest BCUT2D eigenvalue weighted by Gasteiger charge is 2.53. The molecule has 33 heavy (non-hydrogen) atoms. The third kappa shape index (κ3) is 4.38. The number of nitrogens with zero attached hydrogens (tertiary/aromatic N) is 1. The summed E-state index contributed by atoms with van der Waals surface area (Å²) in [4.78, 5) is 14.4. The summed E-state index contributed by atoms with van der Waals surface area (Å²) in [6.07, 6.45) is 0.0639. The normalized spacial score (nSPS) is 16.3. The number of carboxylic acids is 1. The number of likely N-dealkylation sites (tertiary alicyclic amines) is 1. The van der Waals surface area contributed by atoms with Gasteiger partial charge in [0.15, 0.2) is 14.6 Å². The van der Waals surface area contributed by atoms with Gasteiger partial charge in [-0.15, -0.1) is 0 Å². The number of hydrogen-bond acceptors (Lipinski definition) is 5. The summed E-state index contributed by atoms with van der Waals surface area (Å²) in [6.45, 7) is 1.39. The van der Waals surface area contributed by atoms with Crippen molar-refractivity contribution >= 4 is 15.8 Å². The number of rotatable bonds is 7. The zero-order valence-corrected chi connectivity index (χ0v) is 19.3. The first-order valence-corrected chi connectivity index (χ1v) is 12.3. The lowest BCUT2D eigenvalue weighted by Crippen LogP contribution is -2.54. The molecule has 0 atom stereocenters. The van der Waals surface area contributed by atoms with E-state index < -0.39 is 20.6 Å². The van der Waals surface area contributed by atoms with Crippen molar-refractivity contribution in [2.24, 2.45) is 0 Å². The standard InChI is InChI=1S/C26H27NO5S/c1-32-22-11-13-23(14-12-22)33(30,31)26(25(28)29)15-17-27(18-16-26)19-21-9-5-6-10-24(21)20-7-3-2-4-8-20/h2-14H,15-19H2,1H3,(H,28,29). The largest absolute Gasteiger partial charge is 0.497 e. The van der Waals surface area contributed by atoms with Gasteiger partial charge < -0.3 is 9.84 Å². The number of benzene rings is 3. The molecule has 0 bridgehead atoms. The third-order valence-corrected chi connectivity index (χ3v) is 8.94. The van der Waals surface area contributed by atoms with Crippen LogP contribution in [0.5, 0.6) is 5.75 Å². The molecule has 7 heteroatoms. The van der Waals surface area contributed by atoms with Gasteiger partial charge in [0.05, 0.1) is 12.0 Å². The number of aliphatic carboxylic acids is 1. The Morgan fingerprint density at radius 1 is 0.939 bits per heavy atom. The molecule has 1 aliphatic heterocycles. The summed E-state index contributed by atoms with van der Waals surface area (Å²) < 4.78 is 30.1. The fraction of sp³-hybridized carbons (Fsp3) is 0.269. The van der Waals surface area contributed by atoms with Crippen molar-refractivity contribution in [2.45, 2.75) is 29.0 Å². The smallest absolute Gasteiger partial charge is 0.325 e. The molecular weight excluding hydrogens is 438 g/mol. The highest BCUT2D eigenvalue weighted by atomic mass is 32.2. The van der Waals surface area contributed by atoms with E-state index in [1.165, 1.54) is 31.4 Å². The first-order valence-electron chi connectivity index (χ1n) is 10.9. The lowest BCUT2D eigenvalue weighted by atomic mass is 9.94. The Morgan fingerprint density at radius 2 is 1.55 bits per heavy atom. The second kappa shape index (κ2) is 9.37. The number of sulfone groups is 1. The van der Waals surface area contributed by atoms with Gasteiger partial charge in [0, 0.05) is 19.6 Å². The molecule has 3 aromatic carbocycles. The van der Waals surface area contributed by atoms with Crippen molar-refractivity contribution in [3.05, 3.63) is 84.4 Å². The number of carbonyl (C=O) groups is 1. The fourth-order valence-corrected chi connectivity index (χ4v) is 6.34. The summed E-state index contributed by atoms with van der Waals surface area (Å²) in [6, 6.07) is 24.1. The van der Waals surface area contributed by atoms with Gasteiger partial charge in [-0.05, 0) is 53.8 Å². The monoisotopic (exact) mass is 465 g/mol. The minimum atomic E-state index is -4.08. The number of methoxy groups -OCH3 is 1. The van der Waals surface area contributed by atoms with Crippen LogP contribution in [0.3, 0.4) is 0 Å². The Morgan fingerprint density at radius 3 is 2.15 bits per heavy atom. The Kier molecular flexibility index (Phi) is 6.54. The maximum absolute atomic E-state index is 13.4. The maximum atomic E-state index is 13.4. The van der Waals surface area contributed by atoms with E-state index in [4.69, 9.17) is 4.74 Å². The molecular formula is C26H27NO5S. The molecule has 0 saturated carbocycles. The molecule has 172 valence electrons. The highest BCUT2D eigenvalue weighted by molar-refractivity contribution is 7.93. The van der Waals surface area contributed by atoms with Crippen LogP contribution in [-0.4, -0.2) is 49.3 Å². The molecule has 0 aromatic heterocycles. The van der Waals surface area contributed by atoms with Crippen molar-refractivity contribution in [3.63, 3.8) is 0 Å². The maximum Gasteiger partial charge on any atom is 0.325 e. The number of carboxylic acid groups (broad SMARTS) is 1. The number of ether oxygens (including phenoxy) is 1. The molecule has 0 amide bonds. The molecule has 4 rings (SSSR count). The molecule has 1 N–H and O–H groups in total. The molecule has 0 spiro atoms. The van der Waals surface area contributed by atoms with Crippen LogP contribution in [0.25, 0.3) is 11.1 Å². The first-order chi connectivity index (χ1) is 15.9. The van der Waals surface area contributed by atoms with E-state index in [9.17, 15) is 18.3 Å². The Hall–Kier alpha value is -3.16. The molecule has 3 aromatic rings. The van der Waals surface area contributed by atoms with E-state index in [2.05, 4.69) is 29.2 Å². The van der Waals surface area contributed by atoms with Gasteiger partial charge in [-0.25, -0.2) is 8.42 Å². The molecule has 6 nitrogen and oxygen atoms in total. The molecule has 0 radical (unpaired) electrons. The van der Waals surface area contributed by atoms with Crippen LogP contribution in [0.2, 0.25) is 0 Å². The second-order valence-electron chi connectivity index (χ2n) is 8.28. The van der Waals surface area contributed by atoms with E-state index in [1.54, 1.807) is 0 Å². The zero-order chi connectivity index (χ0) is 23.5. The number of piperidine rings is 1. The summed E-state index contributed by atoms with van der Waals surface area (Å²) in [5.74, 6) is -0.770. The quantitative estimate of drug-likeness (QED) is 0.562. The van der Waals surface area contributed by atoms with Crippen LogP contribution in [0, 0.1) is 0 Å². The first kappa shape index (κ1) is 23.0. The minimum absolute atomic E-state index is 0.00794. The lowest BCUT2D eigenvalue weighted by molar-refractivity contribution is -0.141. The molecule has 1 heterocycles. The van der Waals surface area contributed by atoms with Crippen LogP contribution in [0.15, 0.2) is 83.8 Å². The van der Waals surface area contributed by atoms with E-state index in [0.29, 0.717) is 25.4 Å². The summed E-state index contributed by atoms with van der Waals surface area (Å²) in [7, 11) is -2.58. The SMILES string of the molecule is COc1ccc(S(=O)(=O)C2(C(=O)O)CCN(Cc3ccccc3-c3ccccc3)CC2)cc1. The average Bonchev–Trinajstić information content (AvgIpc) is 2.85. The predicted octanol–water partition coefficient (Wildman–Crippen LogP) is 4.26. The van der Waals surface area contributed by atoms with Gasteiger partial charge in [0.25, 0.3) is 0 Å². The molecule has 0 aliphatic carbocycles. The van der Waals surface area contributed by atoms with Crippen molar-refractivity contribution in [1.82, 2.24) is 4.90 Å². The summed E-state index contributed by atoms with van der Waals surface area (Å²) >= 11 is 0. The van der Waals surface area contributed by atoms with Crippen LogP contribution >= 0.6 is 0 Å². The van der Waals surface area contributed by atoms with Gasteiger partial charge in [0.1, 0.15) is 5.75 Å². The third-order valence-electron chi connectivity index (χ3n) is 6.43. The molecule has 1 aliphatic rings. The lowest BCUT2D eigenvalue weighted by Gasteiger charge is -2.38. The summed E-state index contributed by atoms with van der Waals surface area (Å²) in [5.41, 5.74) is 3.37. The van der Waals surface area contributed by atoms with Crippen LogP contribution in [0.1, 0.15) is 18.4 Å². The van der Waals surface area contributed by atoms with E-state index in [1.807, 2.05) is 30.3 Å². The highest BCUT2D eigenvalue weighted by Crippen LogP contribution is 2.37. The van der Waals surface area contributed by atoms with Gasteiger partial charge in [-0.3, -0.25) is 9.69 Å². The van der Waals surface area contributed by atoms with E-state index in [-0.39, 0.29) is 17.7 Å². The Bertz CT molecular complexity index is 1220. The Balaban J connectivity index is 1.55. The number of hydrogen-bond donors (Lipinski definition) is 1. The fourth-order valence-electron chi connectivity index (χ4n) is 4.45. The molecule has 1 saturated heterocycles. The van der Waals surface area contributed by atoms with E-state index >= 15 is 0 Å². The van der Waals surface area contributed by atoms with Gasteiger partial charge in [0.2, 0.25) is 0 Å². The average molecular weight is 466 g/mol. The molecule has 0 unspecified atom stereocenters. The van der Waals surface area contributed by atoms with Crippen LogP contribution in [-0.2, 0) is 21.2 Å². The predicted molar refractivity (Wildman–Crippen MR) is 127 cm³/mol. The van der Waals surface area contributed by atoms with Gasteiger partial charge in [-0.1, -0.05) is 54.6 Å². The van der Waals surface area contributed by atoms with Gasteiger partial charge in [-0.2, -0.15) is 0 Å². The molecule has 1 fully saturated rings.